The summed E-state index contributed by atoms with van der Waals surface area (Å²) in [5, 5.41) is 11.0. The van der Waals surface area contributed by atoms with Crippen LogP contribution in [0.1, 0.15) is 33.9 Å². The molecular weight excluding hydrogens is 263 g/mol. The number of halogens is 2. The van der Waals surface area contributed by atoms with E-state index in [0.29, 0.717) is 21.7 Å². The molecule has 0 aliphatic carbocycles. The Morgan fingerprint density at radius 3 is 2.16 bits per heavy atom. The van der Waals surface area contributed by atoms with E-state index in [1.165, 1.54) is 0 Å². The van der Waals surface area contributed by atoms with Crippen LogP contribution in [0.4, 0.5) is 4.39 Å². The van der Waals surface area contributed by atoms with Crippen molar-refractivity contribution in [1.82, 2.24) is 0 Å². The molecule has 1 nitrogen and oxygen atoms in total. The molecule has 0 heterocycles. The molecule has 19 heavy (non-hydrogen) atoms. The maximum atomic E-state index is 13.6. The maximum absolute atomic E-state index is 13.6. The fourth-order valence-electron chi connectivity index (χ4n) is 2.22. The van der Waals surface area contributed by atoms with Gasteiger partial charge in [0.25, 0.3) is 0 Å². The van der Waals surface area contributed by atoms with Gasteiger partial charge in [-0.05, 0) is 60.7 Å². The molecule has 2 rings (SSSR count). The highest BCUT2D eigenvalue weighted by atomic mass is 35.5. The van der Waals surface area contributed by atoms with Gasteiger partial charge in [0.15, 0.2) is 0 Å². The van der Waals surface area contributed by atoms with Gasteiger partial charge in [0.2, 0.25) is 0 Å². The molecule has 0 bridgehead atoms. The van der Waals surface area contributed by atoms with Crippen molar-refractivity contribution < 1.29 is 9.50 Å². The summed E-state index contributed by atoms with van der Waals surface area (Å²) in [4.78, 5) is 0. The summed E-state index contributed by atoms with van der Waals surface area (Å²) < 4.78 is 13.6. The first kappa shape index (κ1) is 14.0. The molecule has 0 aliphatic heterocycles. The Labute approximate surface area is 117 Å². The summed E-state index contributed by atoms with van der Waals surface area (Å²) in [7, 11) is 0. The smallest absolute Gasteiger partial charge is 0.129 e. The predicted octanol–water partition coefficient (Wildman–Crippen LogP) is 4.49. The van der Waals surface area contributed by atoms with Crippen molar-refractivity contribution in [2.75, 3.05) is 0 Å². The lowest BCUT2D eigenvalue weighted by molar-refractivity contribution is 0.219. The van der Waals surface area contributed by atoms with Crippen LogP contribution in [0.15, 0.2) is 30.3 Å². The highest BCUT2D eigenvalue weighted by molar-refractivity contribution is 6.30. The largest absolute Gasteiger partial charge is 0.384 e. The molecule has 2 aromatic rings. The summed E-state index contributed by atoms with van der Waals surface area (Å²) in [6.07, 6.45) is -0.795. The first-order valence-corrected chi connectivity index (χ1v) is 6.48. The van der Waals surface area contributed by atoms with E-state index in [4.69, 9.17) is 11.6 Å². The van der Waals surface area contributed by atoms with Gasteiger partial charge in [0.05, 0.1) is 0 Å². The number of aliphatic hydroxyl groups excluding tert-OH is 1. The first-order valence-electron chi connectivity index (χ1n) is 6.11. The van der Waals surface area contributed by atoms with Crippen molar-refractivity contribution >= 4 is 11.6 Å². The molecule has 100 valence electrons. The van der Waals surface area contributed by atoms with E-state index in [2.05, 4.69) is 0 Å². The monoisotopic (exact) mass is 278 g/mol. The van der Waals surface area contributed by atoms with Crippen LogP contribution in [0.25, 0.3) is 0 Å². The van der Waals surface area contributed by atoms with Gasteiger partial charge in [-0.1, -0.05) is 29.8 Å². The summed E-state index contributed by atoms with van der Waals surface area (Å²) in [5.74, 6) is -0.223. The van der Waals surface area contributed by atoms with Crippen molar-refractivity contribution in [3.8, 4) is 0 Å². The van der Waals surface area contributed by atoms with Crippen LogP contribution in [0.3, 0.4) is 0 Å². The van der Waals surface area contributed by atoms with Gasteiger partial charge >= 0.3 is 0 Å². The lowest BCUT2D eigenvalue weighted by Gasteiger charge is -2.16. The Bertz CT molecular complexity index is 599. The Morgan fingerprint density at radius 2 is 1.58 bits per heavy atom. The van der Waals surface area contributed by atoms with Crippen LogP contribution in [0.2, 0.25) is 5.02 Å². The lowest BCUT2D eigenvalue weighted by Crippen LogP contribution is -2.04. The van der Waals surface area contributed by atoms with Crippen LogP contribution in [0, 0.1) is 26.6 Å². The van der Waals surface area contributed by atoms with E-state index in [1.54, 1.807) is 38.1 Å². The number of benzene rings is 2. The molecular formula is C16H16ClFO. The molecule has 2 aromatic carbocycles. The molecule has 0 saturated carbocycles. The zero-order valence-corrected chi connectivity index (χ0v) is 11.9. The Kier molecular flexibility index (Phi) is 3.93. The van der Waals surface area contributed by atoms with Crippen LogP contribution < -0.4 is 0 Å². The number of aryl methyl sites for hydroxylation is 3. The standard InChI is InChI=1S/C16H16ClFO/c1-9-4-5-13(17)8-14(9)16(19)12-6-10(2)15(18)11(3)7-12/h4-8,16,19H,1-3H3. The fraction of sp³-hybridized carbons (Fsp3) is 0.250. The van der Waals surface area contributed by atoms with Crippen LogP contribution in [0.5, 0.6) is 0 Å². The fourth-order valence-corrected chi connectivity index (χ4v) is 2.40. The molecule has 0 aromatic heterocycles. The molecule has 1 unspecified atom stereocenters. The maximum Gasteiger partial charge on any atom is 0.129 e. The molecule has 1 atom stereocenters. The Morgan fingerprint density at radius 1 is 1.00 bits per heavy atom. The molecule has 0 saturated heterocycles. The second-order valence-corrected chi connectivity index (χ2v) is 5.31. The van der Waals surface area contributed by atoms with Gasteiger partial charge in [-0.2, -0.15) is 0 Å². The molecule has 0 aliphatic rings. The highest BCUT2D eigenvalue weighted by Gasteiger charge is 2.16. The summed E-state index contributed by atoms with van der Waals surface area (Å²) >= 11 is 5.97. The third-order valence-electron chi connectivity index (χ3n) is 3.31. The van der Waals surface area contributed by atoms with E-state index >= 15 is 0 Å². The quantitative estimate of drug-likeness (QED) is 0.858. The molecule has 0 amide bonds. The number of hydrogen-bond donors (Lipinski definition) is 1. The first-order chi connectivity index (χ1) is 8.90. The second kappa shape index (κ2) is 5.32. The summed E-state index contributed by atoms with van der Waals surface area (Å²) in [6, 6.07) is 8.74. The zero-order chi connectivity index (χ0) is 14.2. The van der Waals surface area contributed by atoms with Crippen molar-refractivity contribution in [2.24, 2.45) is 0 Å². The van der Waals surface area contributed by atoms with Gasteiger partial charge < -0.3 is 5.11 Å². The third kappa shape index (κ3) is 2.80. The predicted molar refractivity (Wildman–Crippen MR) is 76.1 cm³/mol. The molecule has 1 N–H and O–H groups in total. The summed E-state index contributed by atoms with van der Waals surface area (Å²) in [6.45, 7) is 5.31. The average molecular weight is 279 g/mol. The van der Waals surface area contributed by atoms with Crippen molar-refractivity contribution in [1.29, 1.82) is 0 Å². The van der Waals surface area contributed by atoms with Crippen LogP contribution in [-0.2, 0) is 0 Å². The van der Waals surface area contributed by atoms with E-state index in [0.717, 1.165) is 11.1 Å². The highest BCUT2D eigenvalue weighted by Crippen LogP contribution is 2.29. The van der Waals surface area contributed by atoms with Gasteiger partial charge in [-0.15, -0.1) is 0 Å². The molecule has 3 heteroatoms. The van der Waals surface area contributed by atoms with E-state index in [9.17, 15) is 9.50 Å². The third-order valence-corrected chi connectivity index (χ3v) is 3.55. The zero-order valence-electron chi connectivity index (χ0n) is 11.2. The minimum Gasteiger partial charge on any atom is -0.384 e. The Hall–Kier alpha value is -1.38. The van der Waals surface area contributed by atoms with E-state index in [1.807, 2.05) is 13.0 Å². The number of rotatable bonds is 2. The van der Waals surface area contributed by atoms with Crippen molar-refractivity contribution in [2.45, 2.75) is 26.9 Å². The minimum absolute atomic E-state index is 0.223. The second-order valence-electron chi connectivity index (χ2n) is 4.87. The molecule has 0 radical (unpaired) electrons. The van der Waals surface area contributed by atoms with Crippen molar-refractivity contribution in [3.63, 3.8) is 0 Å². The topological polar surface area (TPSA) is 20.2 Å². The van der Waals surface area contributed by atoms with E-state index in [-0.39, 0.29) is 5.82 Å². The number of aliphatic hydroxyl groups is 1. The van der Waals surface area contributed by atoms with Crippen LogP contribution in [-0.4, -0.2) is 5.11 Å². The van der Waals surface area contributed by atoms with Crippen molar-refractivity contribution in [3.05, 3.63) is 69.0 Å². The minimum atomic E-state index is -0.795. The van der Waals surface area contributed by atoms with Gasteiger partial charge in [-0.3, -0.25) is 0 Å². The summed E-state index contributed by atoms with van der Waals surface area (Å²) in [5.41, 5.74) is 3.46. The van der Waals surface area contributed by atoms with E-state index < -0.39 is 6.10 Å². The van der Waals surface area contributed by atoms with Gasteiger partial charge in [0, 0.05) is 5.02 Å². The lowest BCUT2D eigenvalue weighted by atomic mass is 9.95. The SMILES string of the molecule is Cc1ccc(Cl)cc1C(O)c1cc(C)c(F)c(C)c1. The van der Waals surface area contributed by atoms with Gasteiger partial charge in [-0.25, -0.2) is 4.39 Å². The van der Waals surface area contributed by atoms with Crippen LogP contribution >= 0.6 is 11.6 Å². The molecule has 0 fully saturated rings. The van der Waals surface area contributed by atoms with Gasteiger partial charge in [0.1, 0.15) is 11.9 Å². The normalized spacial score (nSPS) is 12.5. The number of hydrogen-bond acceptors (Lipinski definition) is 1. The average Bonchev–Trinajstić information content (AvgIpc) is 2.37. The Balaban J connectivity index is 2.49. The molecule has 0 spiro atoms.